The van der Waals surface area contributed by atoms with Crippen molar-refractivity contribution in [1.29, 1.82) is 0 Å². The highest BCUT2D eigenvalue weighted by molar-refractivity contribution is 5.62. The molecule has 3 N–H and O–H groups in total. The summed E-state index contributed by atoms with van der Waals surface area (Å²) in [4.78, 5) is 12.8. The van der Waals surface area contributed by atoms with Crippen molar-refractivity contribution in [3.05, 3.63) is 42.1 Å². The molecule has 3 aromatic rings. The first-order valence-electron chi connectivity index (χ1n) is 8.77. The van der Waals surface area contributed by atoms with E-state index < -0.39 is 11.9 Å². The first-order chi connectivity index (χ1) is 12.6. The molecule has 0 aliphatic carbocycles. The van der Waals surface area contributed by atoms with Gasteiger partial charge in [0.2, 0.25) is 5.95 Å². The second-order valence-electron chi connectivity index (χ2n) is 6.59. The SMILES string of the molecule is CC(O)c1ccc2ncc(-c3nc(NC4CCCNC4)ncc3F)n2c1. The molecule has 26 heavy (non-hydrogen) atoms. The number of halogens is 1. The van der Waals surface area contributed by atoms with E-state index in [0.29, 0.717) is 17.3 Å². The number of nitrogens with one attached hydrogen (secondary N) is 2. The number of hydrogen-bond donors (Lipinski definition) is 3. The number of imidazole rings is 1. The molecule has 136 valence electrons. The van der Waals surface area contributed by atoms with Crippen LogP contribution in [0.3, 0.4) is 0 Å². The number of aromatic nitrogens is 4. The molecule has 3 aromatic heterocycles. The number of nitrogens with zero attached hydrogens (tertiary/aromatic N) is 4. The number of aliphatic hydroxyl groups excluding tert-OH is 1. The predicted molar refractivity (Wildman–Crippen MR) is 96.3 cm³/mol. The Balaban J connectivity index is 1.71. The molecule has 1 saturated heterocycles. The second kappa shape index (κ2) is 6.97. The quantitative estimate of drug-likeness (QED) is 0.664. The van der Waals surface area contributed by atoms with Crippen LogP contribution in [0.25, 0.3) is 17.0 Å². The Bertz CT molecular complexity index is 919. The molecular weight excluding hydrogens is 335 g/mol. The summed E-state index contributed by atoms with van der Waals surface area (Å²) in [6.07, 6.45) is 6.00. The van der Waals surface area contributed by atoms with E-state index in [1.165, 1.54) is 6.20 Å². The van der Waals surface area contributed by atoms with Crippen LogP contribution in [-0.4, -0.2) is 43.6 Å². The van der Waals surface area contributed by atoms with Gasteiger partial charge in [-0.25, -0.2) is 19.3 Å². The van der Waals surface area contributed by atoms with E-state index in [1.54, 1.807) is 35.9 Å². The maximum atomic E-state index is 14.4. The standard InChI is InChI=1S/C18H21FN6O/c1-11(26)12-4-5-16-21-9-15(25(16)10-12)17-14(19)8-22-18(24-17)23-13-3-2-6-20-7-13/h4-5,8-11,13,20,26H,2-3,6-7H2,1H3,(H,22,23,24). The highest BCUT2D eigenvalue weighted by Crippen LogP contribution is 2.24. The smallest absolute Gasteiger partial charge is 0.223 e. The summed E-state index contributed by atoms with van der Waals surface area (Å²) in [5.74, 6) is -0.113. The van der Waals surface area contributed by atoms with E-state index in [9.17, 15) is 9.50 Å². The van der Waals surface area contributed by atoms with Gasteiger partial charge in [0, 0.05) is 18.8 Å². The molecule has 0 aromatic carbocycles. The van der Waals surface area contributed by atoms with Gasteiger partial charge in [0.15, 0.2) is 5.82 Å². The molecule has 2 atom stereocenters. The van der Waals surface area contributed by atoms with Crippen molar-refractivity contribution in [2.24, 2.45) is 0 Å². The highest BCUT2D eigenvalue weighted by Gasteiger charge is 2.18. The third-order valence-corrected chi connectivity index (χ3v) is 4.63. The minimum absolute atomic E-state index is 0.182. The highest BCUT2D eigenvalue weighted by atomic mass is 19.1. The molecule has 8 heteroatoms. The van der Waals surface area contributed by atoms with Crippen LogP contribution in [0, 0.1) is 5.82 Å². The lowest BCUT2D eigenvalue weighted by molar-refractivity contribution is 0.199. The van der Waals surface area contributed by atoms with Crippen molar-refractivity contribution in [2.75, 3.05) is 18.4 Å². The summed E-state index contributed by atoms with van der Waals surface area (Å²) in [6, 6.07) is 3.82. The van der Waals surface area contributed by atoms with Gasteiger partial charge in [-0.15, -0.1) is 0 Å². The van der Waals surface area contributed by atoms with Gasteiger partial charge in [0.1, 0.15) is 11.3 Å². The predicted octanol–water partition coefficient (Wildman–Crippen LogP) is 2.15. The number of fused-ring (bicyclic) bond motifs is 1. The van der Waals surface area contributed by atoms with E-state index in [4.69, 9.17) is 0 Å². The lowest BCUT2D eigenvalue weighted by Crippen LogP contribution is -2.38. The molecule has 0 radical (unpaired) electrons. The van der Waals surface area contributed by atoms with Gasteiger partial charge < -0.3 is 15.7 Å². The summed E-state index contributed by atoms with van der Waals surface area (Å²) >= 11 is 0. The minimum Gasteiger partial charge on any atom is -0.389 e. The molecule has 0 spiro atoms. The van der Waals surface area contributed by atoms with Crippen LogP contribution in [0.2, 0.25) is 0 Å². The van der Waals surface area contributed by atoms with Crippen LogP contribution in [-0.2, 0) is 0 Å². The summed E-state index contributed by atoms with van der Waals surface area (Å²) in [6.45, 7) is 3.54. The van der Waals surface area contributed by atoms with Crippen LogP contribution in [0.4, 0.5) is 10.3 Å². The Morgan fingerprint density at radius 2 is 2.23 bits per heavy atom. The molecule has 1 aliphatic rings. The van der Waals surface area contributed by atoms with Crippen molar-refractivity contribution >= 4 is 11.6 Å². The van der Waals surface area contributed by atoms with E-state index in [-0.39, 0.29) is 11.7 Å². The zero-order valence-electron chi connectivity index (χ0n) is 14.5. The van der Waals surface area contributed by atoms with Gasteiger partial charge in [-0.05, 0) is 37.9 Å². The van der Waals surface area contributed by atoms with E-state index in [2.05, 4.69) is 25.6 Å². The largest absolute Gasteiger partial charge is 0.389 e. The molecular formula is C18H21FN6O. The maximum Gasteiger partial charge on any atom is 0.223 e. The average Bonchev–Trinajstić information content (AvgIpc) is 3.07. The fourth-order valence-corrected chi connectivity index (χ4v) is 3.19. The number of anilines is 1. The molecule has 1 fully saturated rings. The molecule has 0 saturated carbocycles. The van der Waals surface area contributed by atoms with E-state index >= 15 is 0 Å². The molecule has 4 heterocycles. The first kappa shape index (κ1) is 16.9. The normalized spacial score (nSPS) is 18.8. The van der Waals surface area contributed by atoms with Crippen LogP contribution in [0.1, 0.15) is 31.4 Å². The summed E-state index contributed by atoms with van der Waals surface area (Å²) in [5.41, 5.74) is 2.08. The Kier molecular flexibility index (Phi) is 4.52. The second-order valence-corrected chi connectivity index (χ2v) is 6.59. The number of aliphatic hydroxyl groups is 1. The molecule has 1 aliphatic heterocycles. The fraction of sp³-hybridized carbons (Fsp3) is 0.389. The van der Waals surface area contributed by atoms with E-state index in [1.807, 2.05) is 0 Å². The Hall–Kier alpha value is -2.58. The minimum atomic E-state index is -0.624. The van der Waals surface area contributed by atoms with Gasteiger partial charge >= 0.3 is 0 Å². The molecule has 7 nitrogen and oxygen atoms in total. The number of pyridine rings is 1. The van der Waals surface area contributed by atoms with Gasteiger partial charge in [-0.2, -0.15) is 0 Å². The number of piperidine rings is 1. The Labute approximate surface area is 150 Å². The lowest BCUT2D eigenvalue weighted by atomic mass is 10.1. The van der Waals surface area contributed by atoms with Crippen LogP contribution >= 0.6 is 0 Å². The molecule has 4 rings (SSSR count). The third-order valence-electron chi connectivity index (χ3n) is 4.63. The molecule has 2 unspecified atom stereocenters. The van der Waals surface area contributed by atoms with Crippen LogP contribution in [0.15, 0.2) is 30.7 Å². The van der Waals surface area contributed by atoms with Crippen molar-refractivity contribution < 1.29 is 9.50 Å². The van der Waals surface area contributed by atoms with Crippen molar-refractivity contribution in [3.8, 4) is 11.4 Å². The molecule has 0 amide bonds. The molecule has 0 bridgehead atoms. The van der Waals surface area contributed by atoms with Gasteiger partial charge in [-0.1, -0.05) is 6.07 Å². The zero-order chi connectivity index (χ0) is 18.1. The topological polar surface area (TPSA) is 87.4 Å². The lowest BCUT2D eigenvalue weighted by Gasteiger charge is -2.23. The van der Waals surface area contributed by atoms with Gasteiger partial charge in [0.25, 0.3) is 0 Å². The Morgan fingerprint density at radius 3 is 3.00 bits per heavy atom. The van der Waals surface area contributed by atoms with Crippen molar-refractivity contribution in [2.45, 2.75) is 31.9 Å². The maximum absolute atomic E-state index is 14.4. The van der Waals surface area contributed by atoms with E-state index in [0.717, 1.165) is 31.5 Å². The Morgan fingerprint density at radius 1 is 1.35 bits per heavy atom. The van der Waals surface area contributed by atoms with Crippen molar-refractivity contribution in [3.63, 3.8) is 0 Å². The monoisotopic (exact) mass is 356 g/mol. The summed E-state index contributed by atoms with van der Waals surface area (Å²) in [5, 5.41) is 16.4. The van der Waals surface area contributed by atoms with Crippen LogP contribution in [0.5, 0.6) is 0 Å². The van der Waals surface area contributed by atoms with Crippen LogP contribution < -0.4 is 10.6 Å². The number of rotatable bonds is 4. The fourth-order valence-electron chi connectivity index (χ4n) is 3.19. The summed E-state index contributed by atoms with van der Waals surface area (Å²) < 4.78 is 16.2. The summed E-state index contributed by atoms with van der Waals surface area (Å²) in [7, 11) is 0. The third kappa shape index (κ3) is 3.25. The zero-order valence-corrected chi connectivity index (χ0v) is 14.5. The van der Waals surface area contributed by atoms with Gasteiger partial charge in [-0.3, -0.25) is 4.40 Å². The van der Waals surface area contributed by atoms with Crippen molar-refractivity contribution in [1.82, 2.24) is 24.7 Å². The first-order valence-corrected chi connectivity index (χ1v) is 8.77. The average molecular weight is 356 g/mol. The number of hydrogen-bond acceptors (Lipinski definition) is 6. The van der Waals surface area contributed by atoms with Gasteiger partial charge in [0.05, 0.1) is 24.2 Å².